The van der Waals surface area contributed by atoms with Gasteiger partial charge in [-0.2, -0.15) is 0 Å². The molecule has 260 valence electrons. The fourth-order valence-electron chi connectivity index (χ4n) is 6.62. The molecule has 0 unspecified atom stereocenters. The summed E-state index contributed by atoms with van der Waals surface area (Å²) in [5.41, 5.74) is 4.02. The van der Waals surface area contributed by atoms with Crippen LogP contribution in [0, 0.1) is 5.82 Å². The number of rotatable bonds is 10. The van der Waals surface area contributed by atoms with Crippen LogP contribution in [0.4, 0.5) is 10.1 Å². The average Bonchev–Trinajstić information content (AvgIpc) is 3.36. The lowest BCUT2D eigenvalue weighted by Gasteiger charge is -2.41. The third-order valence-corrected chi connectivity index (χ3v) is 8.33. The number of anilines is 1. The van der Waals surface area contributed by atoms with Crippen LogP contribution in [0.15, 0.2) is 78.9 Å². The Morgan fingerprint density at radius 1 is 0.959 bits per heavy atom. The van der Waals surface area contributed by atoms with Crippen LogP contribution >= 0.6 is 0 Å². The monoisotopic (exact) mass is 670 g/mol. The number of phenols is 1. The number of para-hydroxylation sites is 2. The highest BCUT2D eigenvalue weighted by Crippen LogP contribution is 2.43. The van der Waals surface area contributed by atoms with E-state index in [1.807, 2.05) is 78.8 Å². The second-order valence-corrected chi connectivity index (χ2v) is 14.3. The number of amides is 1. The van der Waals surface area contributed by atoms with Gasteiger partial charge in [-0.25, -0.2) is 4.39 Å². The molecule has 0 saturated carbocycles. The van der Waals surface area contributed by atoms with Gasteiger partial charge in [0.1, 0.15) is 17.2 Å². The molecule has 2 heterocycles. The van der Waals surface area contributed by atoms with Gasteiger partial charge in [-0.05, 0) is 94.5 Å². The largest absolute Gasteiger partial charge is 0.506 e. The van der Waals surface area contributed by atoms with Crippen molar-refractivity contribution in [2.24, 2.45) is 0 Å². The van der Waals surface area contributed by atoms with Crippen molar-refractivity contribution < 1.29 is 33.3 Å². The standard InChI is InChI=1S/C40H47FN2O6/c1-25(2)36-35(38(46)42-31-15-11-12-16-32(31)44)34(26-13-9-8-10-14-26)37(27-17-19-28(41)20-18-27)43(36)22-21-29-23-30(48-40(6,7)47-29)24-33(45)49-39(3,4)5/h8-20,25,29-30,44H,21-24H2,1-7H3,(H,42,46)/t29-,30-/m1/s1. The minimum absolute atomic E-state index is 0.0402. The molecule has 8 nitrogen and oxygen atoms in total. The maximum Gasteiger partial charge on any atom is 0.308 e. The number of ether oxygens (including phenoxy) is 3. The van der Waals surface area contributed by atoms with Crippen LogP contribution in [-0.2, 0) is 25.5 Å². The summed E-state index contributed by atoms with van der Waals surface area (Å²) in [4.78, 5) is 27.1. The number of hydrogen-bond donors (Lipinski definition) is 2. The molecule has 4 aromatic rings. The normalized spacial score (nSPS) is 17.6. The highest BCUT2D eigenvalue weighted by atomic mass is 19.1. The Balaban J connectivity index is 1.60. The van der Waals surface area contributed by atoms with E-state index in [9.17, 15) is 19.1 Å². The van der Waals surface area contributed by atoms with Crippen LogP contribution in [-0.4, -0.2) is 45.1 Å². The molecule has 5 rings (SSSR count). The van der Waals surface area contributed by atoms with Crippen LogP contribution in [0.3, 0.4) is 0 Å². The quantitative estimate of drug-likeness (QED) is 0.129. The van der Waals surface area contributed by atoms with Gasteiger partial charge >= 0.3 is 5.97 Å². The summed E-state index contributed by atoms with van der Waals surface area (Å²) in [6.45, 7) is 13.7. The average molecular weight is 671 g/mol. The van der Waals surface area contributed by atoms with Crippen molar-refractivity contribution in [3.05, 3.63) is 95.9 Å². The Morgan fingerprint density at radius 3 is 2.22 bits per heavy atom. The van der Waals surface area contributed by atoms with Crippen molar-refractivity contribution in [1.29, 1.82) is 0 Å². The molecule has 2 atom stereocenters. The van der Waals surface area contributed by atoms with Crippen molar-refractivity contribution in [2.45, 2.75) is 104 Å². The summed E-state index contributed by atoms with van der Waals surface area (Å²) < 4.78 is 34.5. The third kappa shape index (κ3) is 8.77. The zero-order chi connectivity index (χ0) is 35.5. The van der Waals surface area contributed by atoms with Crippen molar-refractivity contribution in [2.75, 3.05) is 5.32 Å². The molecule has 49 heavy (non-hydrogen) atoms. The SMILES string of the molecule is CC(C)c1c(C(=O)Nc2ccccc2O)c(-c2ccccc2)c(-c2ccc(F)cc2)n1CC[C@@H]1C[C@H](CC(=O)OC(C)(C)C)OC(C)(C)O1. The van der Waals surface area contributed by atoms with Crippen LogP contribution in [0.1, 0.15) is 89.7 Å². The van der Waals surface area contributed by atoms with Crippen LogP contribution in [0.2, 0.25) is 0 Å². The smallest absolute Gasteiger partial charge is 0.308 e. The lowest BCUT2D eigenvalue weighted by Crippen LogP contribution is -2.46. The predicted molar refractivity (Wildman–Crippen MR) is 189 cm³/mol. The Bertz CT molecular complexity index is 1770. The molecule has 1 amide bonds. The summed E-state index contributed by atoms with van der Waals surface area (Å²) in [5, 5.41) is 13.5. The molecule has 0 bridgehead atoms. The van der Waals surface area contributed by atoms with Crippen LogP contribution in [0.25, 0.3) is 22.4 Å². The number of phenolic OH excluding ortho intramolecular Hbond substituents is 1. The zero-order valence-electron chi connectivity index (χ0n) is 29.4. The third-order valence-electron chi connectivity index (χ3n) is 8.33. The first kappa shape index (κ1) is 35.8. The van der Waals surface area contributed by atoms with Crippen LogP contribution in [0.5, 0.6) is 5.75 Å². The molecule has 0 spiro atoms. The molecular formula is C40H47FN2O6. The fraction of sp³-hybridized carbons (Fsp3) is 0.400. The molecule has 1 saturated heterocycles. The number of carbonyl (C=O) groups is 2. The maximum atomic E-state index is 14.4. The number of benzene rings is 3. The second-order valence-electron chi connectivity index (χ2n) is 14.3. The van der Waals surface area contributed by atoms with Crippen molar-refractivity contribution in [1.82, 2.24) is 4.57 Å². The topological polar surface area (TPSA) is 99.0 Å². The number of aromatic nitrogens is 1. The number of nitrogens with zero attached hydrogens (tertiary/aromatic N) is 1. The van der Waals surface area contributed by atoms with Gasteiger partial charge in [-0.15, -0.1) is 0 Å². The lowest BCUT2D eigenvalue weighted by atomic mass is 9.94. The lowest BCUT2D eigenvalue weighted by molar-refractivity contribution is -0.301. The number of carbonyl (C=O) groups excluding carboxylic acids is 2. The van der Waals surface area contributed by atoms with Gasteiger partial charge < -0.3 is 29.2 Å². The zero-order valence-corrected chi connectivity index (χ0v) is 29.4. The van der Waals surface area contributed by atoms with E-state index in [4.69, 9.17) is 14.2 Å². The first-order valence-electron chi connectivity index (χ1n) is 16.9. The molecule has 1 aliphatic heterocycles. The van der Waals surface area contributed by atoms with Gasteiger partial charge in [-0.1, -0.05) is 56.3 Å². The van der Waals surface area contributed by atoms with Gasteiger partial charge in [0, 0.05) is 24.2 Å². The molecular weight excluding hydrogens is 623 g/mol. The minimum atomic E-state index is -0.926. The first-order chi connectivity index (χ1) is 23.1. The van der Waals surface area contributed by atoms with E-state index in [-0.39, 0.29) is 41.9 Å². The van der Waals surface area contributed by atoms with E-state index in [0.717, 1.165) is 22.5 Å². The van der Waals surface area contributed by atoms with Gasteiger partial charge in [0.15, 0.2) is 5.79 Å². The van der Waals surface area contributed by atoms with Gasteiger partial charge in [-0.3, -0.25) is 9.59 Å². The number of hydrogen-bond acceptors (Lipinski definition) is 6. The summed E-state index contributed by atoms with van der Waals surface area (Å²) in [7, 11) is 0. The molecule has 1 aliphatic rings. The molecule has 1 fully saturated rings. The van der Waals surface area contributed by atoms with E-state index in [2.05, 4.69) is 9.88 Å². The van der Waals surface area contributed by atoms with Gasteiger partial charge in [0.2, 0.25) is 0 Å². The van der Waals surface area contributed by atoms with E-state index in [1.165, 1.54) is 18.2 Å². The molecule has 0 aliphatic carbocycles. The fourth-order valence-corrected chi connectivity index (χ4v) is 6.62. The number of aromatic hydroxyl groups is 1. The molecule has 9 heteroatoms. The van der Waals surface area contributed by atoms with Crippen molar-refractivity contribution in [3.8, 4) is 28.1 Å². The van der Waals surface area contributed by atoms with E-state index in [1.54, 1.807) is 30.3 Å². The summed E-state index contributed by atoms with van der Waals surface area (Å²) in [5.74, 6) is -2.13. The Kier molecular flexibility index (Phi) is 10.6. The minimum Gasteiger partial charge on any atom is -0.506 e. The summed E-state index contributed by atoms with van der Waals surface area (Å²) >= 11 is 0. The first-order valence-corrected chi connectivity index (χ1v) is 16.9. The Labute approximate surface area is 288 Å². The second kappa shape index (κ2) is 14.6. The predicted octanol–water partition coefficient (Wildman–Crippen LogP) is 9.07. The number of esters is 1. The maximum absolute atomic E-state index is 14.4. The molecule has 0 radical (unpaired) electrons. The van der Waals surface area contributed by atoms with E-state index < -0.39 is 17.5 Å². The van der Waals surface area contributed by atoms with Crippen molar-refractivity contribution in [3.63, 3.8) is 0 Å². The van der Waals surface area contributed by atoms with Crippen LogP contribution < -0.4 is 5.32 Å². The molecule has 2 N–H and O–H groups in total. The van der Waals surface area contributed by atoms with E-state index >= 15 is 0 Å². The Hall–Kier alpha value is -4.47. The summed E-state index contributed by atoms with van der Waals surface area (Å²) in [6.07, 6.45) is 0.484. The summed E-state index contributed by atoms with van der Waals surface area (Å²) in [6, 6.07) is 22.6. The van der Waals surface area contributed by atoms with E-state index in [0.29, 0.717) is 36.2 Å². The highest BCUT2D eigenvalue weighted by molar-refractivity contribution is 6.13. The number of halogens is 1. The highest BCUT2D eigenvalue weighted by Gasteiger charge is 2.38. The van der Waals surface area contributed by atoms with Gasteiger partial charge in [0.05, 0.1) is 35.6 Å². The Morgan fingerprint density at radius 2 is 1.59 bits per heavy atom. The number of nitrogens with one attached hydrogen (secondary N) is 1. The molecule has 1 aromatic heterocycles. The van der Waals surface area contributed by atoms with Crippen molar-refractivity contribution >= 4 is 17.6 Å². The molecule has 3 aromatic carbocycles. The van der Waals surface area contributed by atoms with Gasteiger partial charge in [0.25, 0.3) is 5.91 Å².